The Morgan fingerprint density at radius 1 is 1.33 bits per heavy atom. The molecule has 1 atom stereocenters. The Hall–Kier alpha value is 0.250. The van der Waals surface area contributed by atoms with E-state index in [0.717, 1.165) is 12.4 Å². The van der Waals surface area contributed by atoms with E-state index in [0.29, 0.717) is 6.04 Å². The highest BCUT2D eigenvalue weighted by Gasteiger charge is 2.08. The van der Waals surface area contributed by atoms with E-state index in [9.17, 15) is 0 Å². The SMILES string of the molecule is ClC[C@@H]1CCCCCN1. The second-order valence-corrected chi connectivity index (χ2v) is 2.96. The average Bonchev–Trinajstić information content (AvgIpc) is 2.13. The Bertz CT molecular complexity index is 67.3. The van der Waals surface area contributed by atoms with Crippen molar-refractivity contribution in [3.63, 3.8) is 0 Å². The summed E-state index contributed by atoms with van der Waals surface area (Å²) in [6.45, 7) is 1.16. The van der Waals surface area contributed by atoms with Crippen LogP contribution in [0.2, 0.25) is 0 Å². The van der Waals surface area contributed by atoms with E-state index in [1.54, 1.807) is 0 Å². The summed E-state index contributed by atoms with van der Waals surface area (Å²) < 4.78 is 0. The fraction of sp³-hybridized carbons (Fsp3) is 1.00. The van der Waals surface area contributed by atoms with Crippen molar-refractivity contribution in [1.29, 1.82) is 0 Å². The normalized spacial score (nSPS) is 29.7. The smallest absolute Gasteiger partial charge is 0.0377 e. The molecule has 0 bridgehead atoms. The Kier molecular flexibility index (Phi) is 3.37. The third-order valence-electron chi connectivity index (χ3n) is 1.85. The third kappa shape index (κ3) is 2.55. The van der Waals surface area contributed by atoms with Crippen molar-refractivity contribution in [2.45, 2.75) is 31.7 Å². The molecule has 0 saturated carbocycles. The van der Waals surface area contributed by atoms with Gasteiger partial charge < -0.3 is 5.32 Å². The van der Waals surface area contributed by atoms with Gasteiger partial charge in [0.2, 0.25) is 0 Å². The average molecular weight is 148 g/mol. The van der Waals surface area contributed by atoms with Gasteiger partial charge in [0.05, 0.1) is 0 Å². The lowest BCUT2D eigenvalue weighted by Crippen LogP contribution is -2.29. The molecule has 0 spiro atoms. The largest absolute Gasteiger partial charge is 0.313 e. The molecule has 1 aliphatic rings. The Balaban J connectivity index is 2.18. The molecule has 0 aromatic carbocycles. The Morgan fingerprint density at radius 2 is 2.22 bits per heavy atom. The molecule has 0 amide bonds. The molecule has 2 heteroatoms. The highest BCUT2D eigenvalue weighted by atomic mass is 35.5. The summed E-state index contributed by atoms with van der Waals surface area (Å²) in [6.07, 6.45) is 5.32. The van der Waals surface area contributed by atoms with Crippen LogP contribution in [0.5, 0.6) is 0 Å². The molecular weight excluding hydrogens is 134 g/mol. The maximum Gasteiger partial charge on any atom is 0.0377 e. The summed E-state index contributed by atoms with van der Waals surface area (Å²) >= 11 is 5.69. The number of alkyl halides is 1. The first-order chi connectivity index (χ1) is 4.43. The van der Waals surface area contributed by atoms with E-state index in [1.165, 1.54) is 25.7 Å². The van der Waals surface area contributed by atoms with Gasteiger partial charge in [-0.05, 0) is 19.4 Å². The first-order valence-electron chi connectivity index (χ1n) is 3.73. The molecule has 54 valence electrons. The van der Waals surface area contributed by atoms with Crippen LogP contribution in [0.1, 0.15) is 25.7 Å². The standard InChI is InChI=1S/C7H14ClN/c8-6-7-4-2-1-3-5-9-7/h7,9H,1-6H2/t7-/m0/s1. The second kappa shape index (κ2) is 4.13. The van der Waals surface area contributed by atoms with E-state index >= 15 is 0 Å². The molecule has 9 heavy (non-hydrogen) atoms. The summed E-state index contributed by atoms with van der Waals surface area (Å²) in [6, 6.07) is 0.592. The number of hydrogen-bond acceptors (Lipinski definition) is 1. The highest BCUT2D eigenvalue weighted by Crippen LogP contribution is 2.08. The summed E-state index contributed by atoms with van der Waals surface area (Å²) in [7, 11) is 0. The van der Waals surface area contributed by atoms with Gasteiger partial charge in [0.15, 0.2) is 0 Å². The fourth-order valence-electron chi connectivity index (χ4n) is 1.23. The van der Waals surface area contributed by atoms with Crippen molar-refractivity contribution in [1.82, 2.24) is 5.32 Å². The molecule has 0 aliphatic carbocycles. The molecule has 1 N–H and O–H groups in total. The monoisotopic (exact) mass is 147 g/mol. The van der Waals surface area contributed by atoms with Crippen LogP contribution in [0.4, 0.5) is 0 Å². The molecular formula is C7H14ClN. The van der Waals surface area contributed by atoms with Gasteiger partial charge in [-0.15, -0.1) is 11.6 Å². The quantitative estimate of drug-likeness (QED) is 0.558. The first kappa shape index (κ1) is 7.36. The minimum absolute atomic E-state index is 0.592. The summed E-state index contributed by atoms with van der Waals surface area (Å²) in [4.78, 5) is 0. The minimum Gasteiger partial charge on any atom is -0.313 e. The highest BCUT2D eigenvalue weighted by molar-refractivity contribution is 6.18. The van der Waals surface area contributed by atoms with Crippen LogP contribution in [-0.2, 0) is 0 Å². The zero-order chi connectivity index (χ0) is 6.53. The van der Waals surface area contributed by atoms with Crippen LogP contribution < -0.4 is 5.32 Å². The number of hydrogen-bond donors (Lipinski definition) is 1. The summed E-state index contributed by atoms with van der Waals surface area (Å²) in [5.41, 5.74) is 0. The van der Waals surface area contributed by atoms with Crippen molar-refractivity contribution in [3.05, 3.63) is 0 Å². The molecule has 1 heterocycles. The zero-order valence-corrected chi connectivity index (χ0v) is 6.45. The molecule has 1 rings (SSSR count). The molecule has 0 aromatic rings. The Morgan fingerprint density at radius 3 is 3.00 bits per heavy atom. The predicted octanol–water partition coefficient (Wildman–Crippen LogP) is 1.76. The van der Waals surface area contributed by atoms with E-state index in [4.69, 9.17) is 11.6 Å². The molecule has 1 saturated heterocycles. The molecule has 0 unspecified atom stereocenters. The van der Waals surface area contributed by atoms with E-state index < -0.39 is 0 Å². The summed E-state index contributed by atoms with van der Waals surface area (Å²) in [5, 5.41) is 3.40. The molecule has 0 radical (unpaired) electrons. The van der Waals surface area contributed by atoms with Crippen LogP contribution >= 0.6 is 11.6 Å². The van der Waals surface area contributed by atoms with Crippen molar-refractivity contribution < 1.29 is 0 Å². The van der Waals surface area contributed by atoms with Crippen LogP contribution in [-0.4, -0.2) is 18.5 Å². The van der Waals surface area contributed by atoms with Crippen LogP contribution in [0.25, 0.3) is 0 Å². The van der Waals surface area contributed by atoms with Crippen molar-refractivity contribution in [2.24, 2.45) is 0 Å². The summed E-state index contributed by atoms with van der Waals surface area (Å²) in [5.74, 6) is 0.778. The van der Waals surface area contributed by atoms with Gasteiger partial charge >= 0.3 is 0 Å². The lowest BCUT2D eigenvalue weighted by molar-refractivity contribution is 0.555. The molecule has 0 aromatic heterocycles. The molecule has 1 fully saturated rings. The molecule has 1 aliphatic heterocycles. The maximum absolute atomic E-state index is 5.69. The van der Waals surface area contributed by atoms with E-state index in [-0.39, 0.29) is 0 Å². The first-order valence-corrected chi connectivity index (χ1v) is 4.26. The Labute approximate surface area is 61.8 Å². The zero-order valence-electron chi connectivity index (χ0n) is 5.70. The number of nitrogens with one attached hydrogen (secondary N) is 1. The fourth-order valence-corrected chi connectivity index (χ4v) is 1.50. The van der Waals surface area contributed by atoms with Gasteiger partial charge in [-0.2, -0.15) is 0 Å². The lowest BCUT2D eigenvalue weighted by Gasteiger charge is -2.10. The van der Waals surface area contributed by atoms with Gasteiger partial charge in [-0.3, -0.25) is 0 Å². The lowest BCUT2D eigenvalue weighted by atomic mass is 10.1. The second-order valence-electron chi connectivity index (χ2n) is 2.65. The van der Waals surface area contributed by atoms with Gasteiger partial charge in [-0.1, -0.05) is 12.8 Å². The number of halogens is 1. The van der Waals surface area contributed by atoms with Crippen LogP contribution in [0.3, 0.4) is 0 Å². The van der Waals surface area contributed by atoms with Gasteiger partial charge in [0.1, 0.15) is 0 Å². The van der Waals surface area contributed by atoms with E-state index in [1.807, 2.05) is 0 Å². The molecule has 1 nitrogen and oxygen atoms in total. The van der Waals surface area contributed by atoms with Crippen LogP contribution in [0, 0.1) is 0 Å². The third-order valence-corrected chi connectivity index (χ3v) is 2.22. The topological polar surface area (TPSA) is 12.0 Å². The van der Waals surface area contributed by atoms with Crippen molar-refractivity contribution in [2.75, 3.05) is 12.4 Å². The van der Waals surface area contributed by atoms with E-state index in [2.05, 4.69) is 5.32 Å². The van der Waals surface area contributed by atoms with Gasteiger partial charge in [0, 0.05) is 11.9 Å². The van der Waals surface area contributed by atoms with Gasteiger partial charge in [-0.25, -0.2) is 0 Å². The van der Waals surface area contributed by atoms with Gasteiger partial charge in [0.25, 0.3) is 0 Å². The van der Waals surface area contributed by atoms with Crippen LogP contribution in [0.15, 0.2) is 0 Å². The minimum atomic E-state index is 0.592. The van der Waals surface area contributed by atoms with Crippen molar-refractivity contribution in [3.8, 4) is 0 Å². The maximum atomic E-state index is 5.69. The number of rotatable bonds is 1. The van der Waals surface area contributed by atoms with Crippen molar-refractivity contribution >= 4 is 11.6 Å². The predicted molar refractivity (Wildman–Crippen MR) is 41.0 cm³/mol.